The standard InChI is InChI=1S/C11H20N4/c1-3-11(5-4-6-11)8-12-7-10-14-13-9-15(10)2/h9,12H,3-8H2,1-2H3. The molecule has 1 aromatic heterocycles. The molecule has 84 valence electrons. The van der Waals surface area contributed by atoms with Crippen molar-refractivity contribution in [1.29, 1.82) is 0 Å². The zero-order chi connectivity index (χ0) is 10.7. The molecule has 4 nitrogen and oxygen atoms in total. The van der Waals surface area contributed by atoms with Gasteiger partial charge < -0.3 is 9.88 Å². The van der Waals surface area contributed by atoms with Gasteiger partial charge in [0.25, 0.3) is 0 Å². The smallest absolute Gasteiger partial charge is 0.146 e. The van der Waals surface area contributed by atoms with Gasteiger partial charge in [0.2, 0.25) is 0 Å². The van der Waals surface area contributed by atoms with Crippen LogP contribution >= 0.6 is 0 Å². The molecule has 1 fully saturated rings. The first-order valence-corrected chi connectivity index (χ1v) is 5.79. The number of hydrogen-bond donors (Lipinski definition) is 1. The largest absolute Gasteiger partial charge is 0.320 e. The van der Waals surface area contributed by atoms with Crippen molar-refractivity contribution in [2.24, 2.45) is 12.5 Å². The van der Waals surface area contributed by atoms with Crippen LogP contribution < -0.4 is 5.32 Å². The molecule has 0 atom stereocenters. The Kier molecular flexibility index (Phi) is 3.05. The van der Waals surface area contributed by atoms with Crippen LogP contribution in [-0.2, 0) is 13.6 Å². The Morgan fingerprint density at radius 1 is 1.53 bits per heavy atom. The van der Waals surface area contributed by atoms with E-state index in [4.69, 9.17) is 0 Å². The highest BCUT2D eigenvalue weighted by molar-refractivity contribution is 4.90. The molecule has 0 bridgehead atoms. The maximum atomic E-state index is 4.06. The second kappa shape index (κ2) is 4.31. The molecule has 2 rings (SSSR count). The van der Waals surface area contributed by atoms with Gasteiger partial charge in [0.05, 0.1) is 6.54 Å². The first-order chi connectivity index (χ1) is 7.26. The molecule has 1 heterocycles. The lowest BCUT2D eigenvalue weighted by molar-refractivity contribution is 0.123. The molecule has 0 aromatic carbocycles. The summed E-state index contributed by atoms with van der Waals surface area (Å²) in [7, 11) is 1.98. The van der Waals surface area contributed by atoms with Crippen LogP contribution in [0.4, 0.5) is 0 Å². The van der Waals surface area contributed by atoms with Crippen LogP contribution in [0, 0.1) is 5.41 Å². The van der Waals surface area contributed by atoms with Crippen molar-refractivity contribution in [3.63, 3.8) is 0 Å². The minimum atomic E-state index is 0.582. The van der Waals surface area contributed by atoms with Gasteiger partial charge in [-0.05, 0) is 24.7 Å². The Balaban J connectivity index is 1.77. The van der Waals surface area contributed by atoms with Crippen LogP contribution in [0.15, 0.2) is 6.33 Å². The lowest BCUT2D eigenvalue weighted by Crippen LogP contribution is -2.39. The van der Waals surface area contributed by atoms with Crippen molar-refractivity contribution in [2.45, 2.75) is 39.2 Å². The summed E-state index contributed by atoms with van der Waals surface area (Å²) in [6.45, 7) is 4.25. The van der Waals surface area contributed by atoms with Gasteiger partial charge in [-0.15, -0.1) is 10.2 Å². The highest BCUT2D eigenvalue weighted by Gasteiger charge is 2.34. The molecular formula is C11H20N4. The van der Waals surface area contributed by atoms with Crippen LogP contribution in [0.2, 0.25) is 0 Å². The molecule has 0 amide bonds. The van der Waals surface area contributed by atoms with Crippen molar-refractivity contribution >= 4 is 0 Å². The second-order valence-corrected chi connectivity index (χ2v) is 4.67. The summed E-state index contributed by atoms with van der Waals surface area (Å²) in [6, 6.07) is 0. The first kappa shape index (κ1) is 10.6. The maximum Gasteiger partial charge on any atom is 0.146 e. The molecule has 1 aliphatic carbocycles. The molecule has 4 heteroatoms. The molecule has 1 saturated carbocycles. The number of aromatic nitrogens is 3. The van der Waals surface area contributed by atoms with Crippen LogP contribution in [0.3, 0.4) is 0 Å². The summed E-state index contributed by atoms with van der Waals surface area (Å²) in [5, 5.41) is 11.4. The van der Waals surface area contributed by atoms with E-state index in [1.54, 1.807) is 6.33 Å². The van der Waals surface area contributed by atoms with E-state index in [2.05, 4.69) is 22.4 Å². The number of aryl methyl sites for hydroxylation is 1. The molecule has 1 aliphatic rings. The van der Waals surface area contributed by atoms with Crippen molar-refractivity contribution in [3.05, 3.63) is 12.2 Å². The van der Waals surface area contributed by atoms with E-state index in [1.807, 2.05) is 11.6 Å². The van der Waals surface area contributed by atoms with Gasteiger partial charge in [0.15, 0.2) is 0 Å². The molecule has 0 aliphatic heterocycles. The van der Waals surface area contributed by atoms with Crippen molar-refractivity contribution in [3.8, 4) is 0 Å². The summed E-state index contributed by atoms with van der Waals surface area (Å²) >= 11 is 0. The van der Waals surface area contributed by atoms with Gasteiger partial charge in [-0.25, -0.2) is 0 Å². The van der Waals surface area contributed by atoms with Crippen LogP contribution in [0.5, 0.6) is 0 Å². The highest BCUT2D eigenvalue weighted by atomic mass is 15.3. The van der Waals surface area contributed by atoms with Crippen molar-refractivity contribution in [2.75, 3.05) is 6.54 Å². The Bertz CT molecular complexity index is 309. The van der Waals surface area contributed by atoms with E-state index in [1.165, 1.54) is 25.7 Å². The predicted octanol–water partition coefficient (Wildman–Crippen LogP) is 1.48. The summed E-state index contributed by atoms with van der Waals surface area (Å²) in [4.78, 5) is 0. The number of nitrogens with one attached hydrogen (secondary N) is 1. The molecule has 0 unspecified atom stereocenters. The minimum absolute atomic E-state index is 0.582. The van der Waals surface area contributed by atoms with E-state index in [0.29, 0.717) is 5.41 Å². The summed E-state index contributed by atoms with van der Waals surface area (Å²) in [5.74, 6) is 1.01. The molecular weight excluding hydrogens is 188 g/mol. The van der Waals surface area contributed by atoms with E-state index < -0.39 is 0 Å². The van der Waals surface area contributed by atoms with Gasteiger partial charge in [-0.3, -0.25) is 0 Å². The summed E-state index contributed by atoms with van der Waals surface area (Å²) in [5.41, 5.74) is 0.582. The molecule has 1 aromatic rings. The predicted molar refractivity (Wildman–Crippen MR) is 59.3 cm³/mol. The molecule has 0 spiro atoms. The van der Waals surface area contributed by atoms with Crippen molar-refractivity contribution in [1.82, 2.24) is 20.1 Å². The quantitative estimate of drug-likeness (QED) is 0.797. The monoisotopic (exact) mass is 208 g/mol. The zero-order valence-corrected chi connectivity index (χ0v) is 9.66. The summed E-state index contributed by atoms with van der Waals surface area (Å²) in [6.07, 6.45) is 7.21. The fraction of sp³-hybridized carbons (Fsp3) is 0.818. The molecule has 1 N–H and O–H groups in total. The fourth-order valence-electron chi connectivity index (χ4n) is 2.24. The van der Waals surface area contributed by atoms with Gasteiger partial charge in [-0.1, -0.05) is 13.3 Å². The molecule has 0 saturated heterocycles. The Morgan fingerprint density at radius 3 is 2.80 bits per heavy atom. The topological polar surface area (TPSA) is 42.7 Å². The van der Waals surface area contributed by atoms with Gasteiger partial charge in [0.1, 0.15) is 12.2 Å². The van der Waals surface area contributed by atoms with Gasteiger partial charge >= 0.3 is 0 Å². The van der Waals surface area contributed by atoms with Gasteiger partial charge in [0, 0.05) is 13.6 Å². The van der Waals surface area contributed by atoms with E-state index in [0.717, 1.165) is 18.9 Å². The average molecular weight is 208 g/mol. The Morgan fingerprint density at radius 2 is 2.33 bits per heavy atom. The van der Waals surface area contributed by atoms with Gasteiger partial charge in [-0.2, -0.15) is 0 Å². The number of hydrogen-bond acceptors (Lipinski definition) is 3. The molecule has 15 heavy (non-hydrogen) atoms. The normalized spacial score (nSPS) is 18.8. The third-order valence-electron chi connectivity index (χ3n) is 3.75. The lowest BCUT2D eigenvalue weighted by atomic mass is 9.67. The Labute approximate surface area is 91.1 Å². The average Bonchev–Trinajstić information content (AvgIpc) is 2.57. The number of nitrogens with zero attached hydrogens (tertiary/aromatic N) is 3. The minimum Gasteiger partial charge on any atom is -0.320 e. The third kappa shape index (κ3) is 2.20. The number of rotatable bonds is 5. The zero-order valence-electron chi connectivity index (χ0n) is 9.66. The van der Waals surface area contributed by atoms with E-state index >= 15 is 0 Å². The fourth-order valence-corrected chi connectivity index (χ4v) is 2.24. The van der Waals surface area contributed by atoms with E-state index in [-0.39, 0.29) is 0 Å². The van der Waals surface area contributed by atoms with Crippen molar-refractivity contribution < 1.29 is 0 Å². The van der Waals surface area contributed by atoms with Crippen LogP contribution in [0.25, 0.3) is 0 Å². The Hall–Kier alpha value is -0.900. The van der Waals surface area contributed by atoms with E-state index in [9.17, 15) is 0 Å². The second-order valence-electron chi connectivity index (χ2n) is 4.67. The SMILES string of the molecule is CCC1(CNCc2nncn2C)CCC1. The van der Waals surface area contributed by atoms with Crippen LogP contribution in [-0.4, -0.2) is 21.3 Å². The lowest BCUT2D eigenvalue weighted by Gasteiger charge is -2.41. The maximum absolute atomic E-state index is 4.06. The van der Waals surface area contributed by atoms with Crippen LogP contribution in [0.1, 0.15) is 38.4 Å². The summed E-state index contributed by atoms with van der Waals surface area (Å²) < 4.78 is 1.96. The first-order valence-electron chi connectivity index (χ1n) is 5.79. The molecule has 0 radical (unpaired) electrons. The highest BCUT2D eigenvalue weighted by Crippen LogP contribution is 2.42. The third-order valence-corrected chi connectivity index (χ3v) is 3.75.